The van der Waals surface area contributed by atoms with Gasteiger partial charge in [-0.2, -0.15) is 0 Å². The summed E-state index contributed by atoms with van der Waals surface area (Å²) in [5.41, 5.74) is 4.08. The first kappa shape index (κ1) is 18.3. The van der Waals surface area contributed by atoms with Crippen molar-refractivity contribution in [1.82, 2.24) is 0 Å². The van der Waals surface area contributed by atoms with E-state index in [0.717, 1.165) is 27.6 Å². The van der Waals surface area contributed by atoms with Gasteiger partial charge in [-0.05, 0) is 70.8 Å². The lowest BCUT2D eigenvalue weighted by Crippen LogP contribution is -1.96. The quantitative estimate of drug-likeness (QED) is 0.335. The van der Waals surface area contributed by atoms with Gasteiger partial charge in [-0.3, -0.25) is 4.99 Å². The van der Waals surface area contributed by atoms with Crippen LogP contribution in [-0.2, 0) is 6.61 Å². The Bertz CT molecular complexity index is 1130. The second-order valence-electron chi connectivity index (χ2n) is 6.69. The van der Waals surface area contributed by atoms with Gasteiger partial charge in [-0.15, -0.1) is 0 Å². The van der Waals surface area contributed by atoms with Crippen molar-refractivity contribution in [2.45, 2.75) is 13.5 Å². The maximum absolute atomic E-state index is 6.15. The monoisotopic (exact) mass is 385 g/mol. The Morgan fingerprint density at radius 2 is 1.68 bits per heavy atom. The summed E-state index contributed by atoms with van der Waals surface area (Å²) in [4.78, 5) is 4.49. The number of nitrogens with zero attached hydrogens (tertiary/aromatic N) is 1. The van der Waals surface area contributed by atoms with E-state index in [4.69, 9.17) is 16.3 Å². The van der Waals surface area contributed by atoms with Crippen LogP contribution in [0.1, 0.15) is 16.7 Å². The molecule has 0 saturated carbocycles. The van der Waals surface area contributed by atoms with Gasteiger partial charge < -0.3 is 4.74 Å². The molecular weight excluding hydrogens is 366 g/mol. The topological polar surface area (TPSA) is 21.6 Å². The molecule has 4 rings (SSSR count). The highest BCUT2D eigenvalue weighted by atomic mass is 35.5. The normalized spacial score (nSPS) is 11.2. The Hall–Kier alpha value is -3.10. The molecule has 0 saturated heterocycles. The van der Waals surface area contributed by atoms with Crippen LogP contribution in [0.25, 0.3) is 10.8 Å². The summed E-state index contributed by atoms with van der Waals surface area (Å²) in [5.74, 6) is 0.837. The zero-order chi connectivity index (χ0) is 19.3. The van der Waals surface area contributed by atoms with Crippen LogP contribution in [0.15, 0.2) is 89.9 Å². The van der Waals surface area contributed by atoms with Gasteiger partial charge in [0, 0.05) is 11.2 Å². The third-order valence-corrected chi connectivity index (χ3v) is 5.08. The van der Waals surface area contributed by atoms with Gasteiger partial charge in [0.25, 0.3) is 0 Å². The van der Waals surface area contributed by atoms with E-state index >= 15 is 0 Å². The fraction of sp³-hybridized carbons (Fsp3) is 0.0800. The van der Waals surface area contributed by atoms with Gasteiger partial charge in [0.15, 0.2) is 0 Å². The number of hydrogen-bond donors (Lipinski definition) is 0. The first-order valence-corrected chi connectivity index (χ1v) is 9.56. The van der Waals surface area contributed by atoms with Crippen LogP contribution in [0.3, 0.4) is 0 Å². The van der Waals surface area contributed by atoms with Crippen LogP contribution < -0.4 is 4.74 Å². The molecule has 0 aliphatic heterocycles. The van der Waals surface area contributed by atoms with E-state index in [1.54, 1.807) is 0 Å². The molecule has 3 heteroatoms. The van der Waals surface area contributed by atoms with Crippen molar-refractivity contribution in [3.8, 4) is 5.75 Å². The molecule has 0 radical (unpaired) electrons. The number of fused-ring (bicyclic) bond motifs is 1. The predicted octanol–water partition coefficient (Wildman–Crippen LogP) is 7.13. The minimum Gasteiger partial charge on any atom is -0.489 e. The zero-order valence-electron chi connectivity index (χ0n) is 15.6. The van der Waals surface area contributed by atoms with E-state index in [9.17, 15) is 0 Å². The van der Waals surface area contributed by atoms with E-state index in [-0.39, 0.29) is 0 Å². The summed E-state index contributed by atoms with van der Waals surface area (Å²) in [5, 5.41) is 3.18. The minimum atomic E-state index is 0.538. The van der Waals surface area contributed by atoms with Crippen molar-refractivity contribution in [1.29, 1.82) is 0 Å². The van der Waals surface area contributed by atoms with E-state index < -0.39 is 0 Å². The predicted molar refractivity (Wildman–Crippen MR) is 118 cm³/mol. The van der Waals surface area contributed by atoms with E-state index in [0.29, 0.717) is 6.61 Å². The first-order chi connectivity index (χ1) is 13.7. The van der Waals surface area contributed by atoms with Gasteiger partial charge in [-0.25, -0.2) is 0 Å². The summed E-state index contributed by atoms with van der Waals surface area (Å²) >= 11 is 6.15. The molecule has 0 unspecified atom stereocenters. The van der Waals surface area contributed by atoms with Gasteiger partial charge >= 0.3 is 0 Å². The molecule has 2 nitrogen and oxygen atoms in total. The molecule has 138 valence electrons. The summed E-state index contributed by atoms with van der Waals surface area (Å²) < 4.78 is 5.98. The number of halogens is 1. The van der Waals surface area contributed by atoms with Crippen LogP contribution in [0.2, 0.25) is 5.02 Å². The van der Waals surface area contributed by atoms with Crippen LogP contribution in [0.5, 0.6) is 5.75 Å². The maximum atomic E-state index is 6.15. The largest absolute Gasteiger partial charge is 0.489 e. The standard InChI is InChI=1S/C25H20ClNO/c1-18-9-12-22(15-25(18)26)27-16-19-10-13-23(14-11-19)28-17-21-7-4-6-20-5-2-3-8-24(20)21/h2-16H,17H2,1H3. The average Bonchev–Trinajstić information content (AvgIpc) is 2.74. The van der Waals surface area contributed by atoms with Crippen molar-refractivity contribution >= 4 is 34.3 Å². The lowest BCUT2D eigenvalue weighted by Gasteiger charge is -2.09. The number of aryl methyl sites for hydroxylation is 1. The molecular formula is C25H20ClNO. The molecule has 0 atom stereocenters. The van der Waals surface area contributed by atoms with Crippen molar-refractivity contribution in [2.24, 2.45) is 4.99 Å². The molecule has 0 bridgehead atoms. The molecule has 28 heavy (non-hydrogen) atoms. The molecule has 0 N–H and O–H groups in total. The molecule has 0 fully saturated rings. The Morgan fingerprint density at radius 1 is 0.893 bits per heavy atom. The van der Waals surface area contributed by atoms with Gasteiger partial charge in [0.1, 0.15) is 12.4 Å². The SMILES string of the molecule is Cc1ccc(N=Cc2ccc(OCc3cccc4ccccc34)cc2)cc1Cl. The van der Waals surface area contributed by atoms with Crippen molar-refractivity contribution in [2.75, 3.05) is 0 Å². The number of ether oxygens (including phenoxy) is 1. The van der Waals surface area contributed by atoms with Crippen molar-refractivity contribution in [3.63, 3.8) is 0 Å². The van der Waals surface area contributed by atoms with Gasteiger partial charge in [0.2, 0.25) is 0 Å². The Labute approximate surface area is 170 Å². The second-order valence-corrected chi connectivity index (χ2v) is 7.09. The first-order valence-electron chi connectivity index (χ1n) is 9.19. The third kappa shape index (κ3) is 4.24. The third-order valence-electron chi connectivity index (χ3n) is 4.67. The molecule has 0 amide bonds. The summed E-state index contributed by atoms with van der Waals surface area (Å²) in [6.45, 7) is 2.52. The van der Waals surface area contributed by atoms with Crippen molar-refractivity contribution < 1.29 is 4.74 Å². The van der Waals surface area contributed by atoms with Gasteiger partial charge in [-0.1, -0.05) is 60.1 Å². The fourth-order valence-corrected chi connectivity index (χ4v) is 3.22. The summed E-state index contributed by atoms with van der Waals surface area (Å²) in [7, 11) is 0. The number of aliphatic imine (C=N–C) groups is 1. The van der Waals surface area contributed by atoms with Crippen LogP contribution >= 0.6 is 11.6 Å². The number of benzene rings is 4. The fourth-order valence-electron chi connectivity index (χ4n) is 3.04. The van der Waals surface area contributed by atoms with Crippen LogP contribution in [0.4, 0.5) is 5.69 Å². The zero-order valence-corrected chi connectivity index (χ0v) is 16.4. The molecule has 0 aliphatic rings. The molecule has 0 aromatic heterocycles. The summed E-state index contributed by atoms with van der Waals surface area (Å²) in [6.07, 6.45) is 1.83. The van der Waals surface area contributed by atoms with E-state index in [1.165, 1.54) is 16.3 Å². The lowest BCUT2D eigenvalue weighted by molar-refractivity contribution is 0.307. The highest BCUT2D eigenvalue weighted by Crippen LogP contribution is 2.23. The smallest absolute Gasteiger partial charge is 0.119 e. The molecule has 4 aromatic rings. The highest BCUT2D eigenvalue weighted by molar-refractivity contribution is 6.31. The van der Waals surface area contributed by atoms with Crippen LogP contribution in [0, 0.1) is 6.92 Å². The molecule has 0 spiro atoms. The minimum absolute atomic E-state index is 0.538. The molecule has 0 heterocycles. The lowest BCUT2D eigenvalue weighted by atomic mass is 10.1. The van der Waals surface area contributed by atoms with Crippen molar-refractivity contribution in [3.05, 3.63) is 107 Å². The van der Waals surface area contributed by atoms with E-state index in [2.05, 4.69) is 47.5 Å². The molecule has 4 aromatic carbocycles. The number of rotatable bonds is 5. The molecule has 0 aliphatic carbocycles. The Kier molecular flexibility index (Phi) is 5.41. The van der Waals surface area contributed by atoms with Gasteiger partial charge in [0.05, 0.1) is 5.69 Å². The van der Waals surface area contributed by atoms with E-state index in [1.807, 2.05) is 55.6 Å². The number of hydrogen-bond acceptors (Lipinski definition) is 2. The van der Waals surface area contributed by atoms with Crippen LogP contribution in [-0.4, -0.2) is 6.21 Å². The Balaban J connectivity index is 1.43. The Morgan fingerprint density at radius 3 is 2.50 bits per heavy atom. The summed E-state index contributed by atoms with van der Waals surface area (Å²) in [6, 6.07) is 28.4. The highest BCUT2D eigenvalue weighted by Gasteiger charge is 2.02. The maximum Gasteiger partial charge on any atom is 0.119 e. The second kappa shape index (κ2) is 8.28. The average molecular weight is 386 g/mol.